The van der Waals surface area contributed by atoms with Crippen molar-refractivity contribution in [2.45, 2.75) is 50.9 Å². The molecule has 2 saturated heterocycles. The van der Waals surface area contributed by atoms with Gasteiger partial charge in [-0.25, -0.2) is 9.50 Å². The minimum Gasteiger partial charge on any atom is -0.292 e. The maximum absolute atomic E-state index is 13.4. The molecule has 0 aromatic carbocycles. The highest BCUT2D eigenvalue weighted by Crippen LogP contribution is 2.37. The lowest BCUT2D eigenvalue weighted by Crippen LogP contribution is -2.37. The molecule has 25 heavy (non-hydrogen) atoms. The van der Waals surface area contributed by atoms with Gasteiger partial charge in [-0.1, -0.05) is 0 Å². The molecule has 4 rings (SSSR count). The largest absolute Gasteiger partial charge is 0.433 e. The molecule has 2 aromatic heterocycles. The number of aromatic nitrogens is 3. The van der Waals surface area contributed by atoms with Gasteiger partial charge in [-0.3, -0.25) is 4.90 Å². The number of thioether (sulfide) groups is 1. The van der Waals surface area contributed by atoms with Crippen LogP contribution in [0.1, 0.15) is 48.8 Å². The first-order valence-corrected chi connectivity index (χ1v) is 9.87. The first-order chi connectivity index (χ1) is 11.9. The lowest BCUT2D eigenvalue weighted by Gasteiger charge is -2.34. The minimum atomic E-state index is -4.44. The van der Waals surface area contributed by atoms with Crippen molar-refractivity contribution in [1.82, 2.24) is 19.5 Å². The Bertz CT molecular complexity index is 767. The van der Waals surface area contributed by atoms with Gasteiger partial charge in [0.2, 0.25) is 0 Å². The number of hydrogen-bond donors (Lipinski definition) is 0. The van der Waals surface area contributed by atoms with Gasteiger partial charge in [0, 0.05) is 17.8 Å². The zero-order valence-corrected chi connectivity index (χ0v) is 14.9. The number of nitrogens with zero attached hydrogens (tertiary/aromatic N) is 4. The third-order valence-electron chi connectivity index (χ3n) is 5.16. The van der Waals surface area contributed by atoms with E-state index in [-0.39, 0.29) is 11.7 Å². The van der Waals surface area contributed by atoms with Crippen LogP contribution in [0.3, 0.4) is 0 Å². The lowest BCUT2D eigenvalue weighted by atomic mass is 10.1. The SMILES string of the molecule is Cc1cc(C(F)(F)F)n2nc([C@@H]3CCCN3C3CCSCC3)cc2n1. The molecule has 4 nitrogen and oxygen atoms in total. The van der Waals surface area contributed by atoms with Crippen molar-refractivity contribution in [2.24, 2.45) is 0 Å². The van der Waals surface area contributed by atoms with E-state index < -0.39 is 11.9 Å². The van der Waals surface area contributed by atoms with Gasteiger partial charge in [0.25, 0.3) is 0 Å². The van der Waals surface area contributed by atoms with E-state index in [1.807, 2.05) is 11.8 Å². The van der Waals surface area contributed by atoms with Gasteiger partial charge in [0.15, 0.2) is 5.65 Å². The Morgan fingerprint density at radius 3 is 2.64 bits per heavy atom. The molecule has 1 atom stereocenters. The van der Waals surface area contributed by atoms with Crippen LogP contribution in [0, 0.1) is 6.92 Å². The summed E-state index contributed by atoms with van der Waals surface area (Å²) in [4.78, 5) is 6.72. The van der Waals surface area contributed by atoms with Gasteiger partial charge in [0.05, 0.1) is 11.7 Å². The molecule has 0 amide bonds. The fraction of sp³-hybridized carbons (Fsp3) is 0.647. The van der Waals surface area contributed by atoms with Crippen molar-refractivity contribution in [2.75, 3.05) is 18.1 Å². The van der Waals surface area contributed by atoms with Crippen LogP contribution in [-0.2, 0) is 6.18 Å². The summed E-state index contributed by atoms with van der Waals surface area (Å²) in [6, 6.07) is 3.43. The minimum absolute atomic E-state index is 0.108. The standard InChI is InChI=1S/C17H21F3N4S/c1-11-9-15(17(18,19)20)24-16(21-11)10-13(22-24)14-3-2-6-23(14)12-4-7-25-8-5-12/h9-10,12,14H,2-8H2,1H3/t14-/m0/s1. The van der Waals surface area contributed by atoms with Crippen LogP contribution in [-0.4, -0.2) is 43.6 Å². The van der Waals surface area contributed by atoms with E-state index in [1.54, 1.807) is 13.0 Å². The predicted molar refractivity (Wildman–Crippen MR) is 91.8 cm³/mol. The molecular weight excluding hydrogens is 349 g/mol. The molecule has 2 fully saturated rings. The molecule has 0 radical (unpaired) electrons. The molecule has 8 heteroatoms. The summed E-state index contributed by atoms with van der Waals surface area (Å²) in [5, 5.41) is 4.33. The molecule has 0 unspecified atom stereocenters. The molecule has 0 bridgehead atoms. The fourth-order valence-corrected chi connectivity index (χ4v) is 5.12. The average Bonchev–Trinajstić information content (AvgIpc) is 3.20. The summed E-state index contributed by atoms with van der Waals surface area (Å²) < 4.78 is 41.0. The summed E-state index contributed by atoms with van der Waals surface area (Å²) in [5.74, 6) is 2.33. The van der Waals surface area contributed by atoms with Crippen molar-refractivity contribution < 1.29 is 13.2 Å². The second-order valence-corrected chi connectivity index (χ2v) is 8.08. The normalized spacial score (nSPS) is 23.6. The van der Waals surface area contributed by atoms with Crippen LogP contribution in [0.25, 0.3) is 5.65 Å². The van der Waals surface area contributed by atoms with E-state index in [1.165, 1.54) is 0 Å². The van der Waals surface area contributed by atoms with Crippen LogP contribution in [0.2, 0.25) is 0 Å². The smallest absolute Gasteiger partial charge is 0.292 e. The number of fused-ring (bicyclic) bond motifs is 1. The monoisotopic (exact) mass is 370 g/mol. The van der Waals surface area contributed by atoms with Crippen LogP contribution in [0.4, 0.5) is 13.2 Å². The molecule has 4 heterocycles. The molecule has 136 valence electrons. The molecule has 2 aromatic rings. The Hall–Kier alpha value is -1.28. The van der Waals surface area contributed by atoms with E-state index in [9.17, 15) is 13.2 Å². The van der Waals surface area contributed by atoms with E-state index in [0.717, 1.165) is 60.0 Å². The number of alkyl halides is 3. The summed E-state index contributed by atoms with van der Waals surface area (Å²) in [5.41, 5.74) is 0.617. The van der Waals surface area contributed by atoms with E-state index in [2.05, 4.69) is 15.0 Å². The predicted octanol–water partition coefficient (Wildman–Crippen LogP) is 4.09. The lowest BCUT2D eigenvalue weighted by molar-refractivity contribution is -0.142. The topological polar surface area (TPSA) is 33.4 Å². The number of likely N-dealkylation sites (tertiary alicyclic amines) is 1. The Morgan fingerprint density at radius 2 is 1.92 bits per heavy atom. The van der Waals surface area contributed by atoms with Crippen molar-refractivity contribution in [3.8, 4) is 0 Å². The summed E-state index contributed by atoms with van der Waals surface area (Å²) >= 11 is 1.98. The van der Waals surface area contributed by atoms with Gasteiger partial charge in [-0.15, -0.1) is 0 Å². The first kappa shape index (κ1) is 17.1. The number of aryl methyl sites for hydroxylation is 1. The summed E-state index contributed by atoms with van der Waals surface area (Å²) in [7, 11) is 0. The fourth-order valence-electron chi connectivity index (χ4n) is 4.04. The molecular formula is C17H21F3N4S. The molecule has 0 saturated carbocycles. The Kier molecular flexibility index (Phi) is 4.43. The maximum atomic E-state index is 13.4. The highest BCUT2D eigenvalue weighted by molar-refractivity contribution is 7.99. The quantitative estimate of drug-likeness (QED) is 0.797. The van der Waals surface area contributed by atoms with Crippen molar-refractivity contribution in [1.29, 1.82) is 0 Å². The molecule has 0 spiro atoms. The highest BCUT2D eigenvalue weighted by atomic mass is 32.2. The van der Waals surface area contributed by atoms with Gasteiger partial charge >= 0.3 is 6.18 Å². The average molecular weight is 370 g/mol. The number of hydrogen-bond acceptors (Lipinski definition) is 4. The Balaban J connectivity index is 1.71. The van der Waals surface area contributed by atoms with Crippen molar-refractivity contribution >= 4 is 17.4 Å². The van der Waals surface area contributed by atoms with Crippen LogP contribution < -0.4 is 0 Å². The van der Waals surface area contributed by atoms with E-state index in [0.29, 0.717) is 11.7 Å². The zero-order chi connectivity index (χ0) is 17.6. The maximum Gasteiger partial charge on any atom is 0.433 e. The van der Waals surface area contributed by atoms with Crippen LogP contribution >= 0.6 is 11.8 Å². The number of rotatable bonds is 2. The first-order valence-electron chi connectivity index (χ1n) is 8.71. The second kappa shape index (κ2) is 6.46. The van der Waals surface area contributed by atoms with Crippen LogP contribution in [0.5, 0.6) is 0 Å². The Labute approximate surface area is 148 Å². The second-order valence-electron chi connectivity index (χ2n) is 6.86. The van der Waals surface area contributed by atoms with Gasteiger partial charge < -0.3 is 0 Å². The van der Waals surface area contributed by atoms with Crippen LogP contribution in [0.15, 0.2) is 12.1 Å². The molecule has 0 N–H and O–H groups in total. The summed E-state index contributed by atoms with van der Waals surface area (Å²) in [6.45, 7) is 2.59. The van der Waals surface area contributed by atoms with Gasteiger partial charge in [-0.2, -0.15) is 30.0 Å². The number of halogens is 3. The third kappa shape index (κ3) is 3.26. The van der Waals surface area contributed by atoms with Crippen molar-refractivity contribution in [3.63, 3.8) is 0 Å². The highest BCUT2D eigenvalue weighted by Gasteiger charge is 2.37. The zero-order valence-electron chi connectivity index (χ0n) is 14.1. The molecule has 0 aliphatic carbocycles. The molecule has 2 aliphatic rings. The Morgan fingerprint density at radius 1 is 1.16 bits per heavy atom. The summed E-state index contributed by atoms with van der Waals surface area (Å²) in [6.07, 6.45) is -0.112. The van der Waals surface area contributed by atoms with Gasteiger partial charge in [0.1, 0.15) is 5.69 Å². The third-order valence-corrected chi connectivity index (χ3v) is 6.21. The van der Waals surface area contributed by atoms with Crippen molar-refractivity contribution in [3.05, 3.63) is 29.2 Å². The van der Waals surface area contributed by atoms with E-state index >= 15 is 0 Å². The van der Waals surface area contributed by atoms with Gasteiger partial charge in [-0.05, 0) is 56.7 Å². The molecule has 2 aliphatic heterocycles. The van der Waals surface area contributed by atoms with E-state index in [4.69, 9.17) is 0 Å².